The largest absolute Gasteiger partial charge is 0.465 e. The Bertz CT molecular complexity index is 816. The molecular formula is C16H15N5O4. The van der Waals surface area contributed by atoms with Gasteiger partial charge in [-0.05, 0) is 35.4 Å². The summed E-state index contributed by atoms with van der Waals surface area (Å²) >= 11 is 0. The number of aliphatic hydroxyl groups excluding tert-OH is 1. The number of hydrogen-bond donors (Lipinski definition) is 4. The molecule has 1 atom stereocenters. The number of carboxylic acid groups (broad SMARTS) is 1. The molecular weight excluding hydrogens is 326 g/mol. The van der Waals surface area contributed by atoms with Gasteiger partial charge >= 0.3 is 6.09 Å². The van der Waals surface area contributed by atoms with Crippen LogP contribution in [0.4, 0.5) is 16.2 Å². The van der Waals surface area contributed by atoms with Crippen molar-refractivity contribution in [3.8, 4) is 0 Å². The van der Waals surface area contributed by atoms with E-state index in [4.69, 9.17) is 10.6 Å². The van der Waals surface area contributed by atoms with Crippen molar-refractivity contribution in [3.05, 3.63) is 70.1 Å². The van der Waals surface area contributed by atoms with Gasteiger partial charge in [0.25, 0.3) is 5.91 Å². The molecule has 2 amide bonds. The Hall–Kier alpha value is -3.55. The highest BCUT2D eigenvalue weighted by molar-refractivity contribution is 6.06. The van der Waals surface area contributed by atoms with Crippen molar-refractivity contribution < 1.29 is 19.8 Å². The third-order valence-corrected chi connectivity index (χ3v) is 3.34. The topological polar surface area (TPSA) is 147 Å². The highest BCUT2D eigenvalue weighted by Gasteiger charge is 2.12. The van der Waals surface area contributed by atoms with Gasteiger partial charge in [-0.1, -0.05) is 29.4 Å². The van der Waals surface area contributed by atoms with Gasteiger partial charge in [-0.2, -0.15) is 0 Å². The van der Waals surface area contributed by atoms with E-state index in [1.807, 2.05) is 0 Å². The lowest BCUT2D eigenvalue weighted by molar-refractivity contribution is 0.102. The van der Waals surface area contributed by atoms with Crippen LogP contribution in [0.2, 0.25) is 0 Å². The summed E-state index contributed by atoms with van der Waals surface area (Å²) in [6.45, 7) is -0.343. The van der Waals surface area contributed by atoms with Crippen molar-refractivity contribution in [2.24, 2.45) is 5.11 Å². The van der Waals surface area contributed by atoms with Crippen LogP contribution in [0.15, 0.2) is 53.6 Å². The molecule has 0 saturated heterocycles. The predicted molar refractivity (Wildman–Crippen MR) is 91.5 cm³/mol. The van der Waals surface area contributed by atoms with Gasteiger partial charge in [0.1, 0.15) is 0 Å². The summed E-state index contributed by atoms with van der Waals surface area (Å²) in [7, 11) is 0. The van der Waals surface area contributed by atoms with E-state index in [1.165, 1.54) is 18.2 Å². The van der Waals surface area contributed by atoms with Gasteiger partial charge < -0.3 is 15.5 Å². The van der Waals surface area contributed by atoms with E-state index in [1.54, 1.807) is 30.3 Å². The van der Waals surface area contributed by atoms with Gasteiger partial charge in [-0.3, -0.25) is 10.1 Å². The zero-order chi connectivity index (χ0) is 18.2. The van der Waals surface area contributed by atoms with Crippen LogP contribution in [-0.2, 0) is 0 Å². The molecule has 25 heavy (non-hydrogen) atoms. The fourth-order valence-corrected chi connectivity index (χ4v) is 2.14. The number of nitrogens with one attached hydrogen (secondary N) is 2. The predicted octanol–water partition coefficient (Wildman–Crippen LogP) is 3.37. The summed E-state index contributed by atoms with van der Waals surface area (Å²) in [5.41, 5.74) is 9.93. The van der Waals surface area contributed by atoms with E-state index in [-0.39, 0.29) is 12.3 Å². The Kier molecular flexibility index (Phi) is 5.94. The molecule has 0 bridgehead atoms. The maximum atomic E-state index is 12.3. The minimum Gasteiger partial charge on any atom is -0.465 e. The summed E-state index contributed by atoms with van der Waals surface area (Å²) in [6, 6.07) is 11.9. The second kappa shape index (κ2) is 8.34. The van der Waals surface area contributed by atoms with Crippen molar-refractivity contribution in [2.75, 3.05) is 17.2 Å². The van der Waals surface area contributed by atoms with Gasteiger partial charge in [-0.25, -0.2) is 4.79 Å². The molecule has 4 N–H and O–H groups in total. The minimum atomic E-state index is -1.24. The SMILES string of the molecule is [N-]=[N+]=NC(CO)c1ccc(C(=O)Nc2ccccc2NC(=O)O)cc1. The lowest BCUT2D eigenvalue weighted by Gasteiger charge is -2.12. The summed E-state index contributed by atoms with van der Waals surface area (Å²) in [6.07, 6.45) is -1.24. The molecule has 9 nitrogen and oxygen atoms in total. The number of hydrogen-bond acceptors (Lipinski definition) is 4. The molecule has 2 aromatic rings. The average Bonchev–Trinajstić information content (AvgIpc) is 2.61. The first kappa shape index (κ1) is 17.8. The van der Waals surface area contributed by atoms with E-state index in [2.05, 4.69) is 20.7 Å². The maximum absolute atomic E-state index is 12.3. The maximum Gasteiger partial charge on any atom is 0.409 e. The zero-order valence-electron chi connectivity index (χ0n) is 13.0. The number of carbonyl (C=O) groups excluding carboxylic acids is 1. The number of para-hydroxylation sites is 2. The molecule has 2 aromatic carbocycles. The molecule has 0 radical (unpaired) electrons. The quantitative estimate of drug-likeness (QED) is 0.362. The molecule has 0 aliphatic heterocycles. The Morgan fingerprint density at radius 3 is 2.20 bits per heavy atom. The molecule has 0 fully saturated rings. The van der Waals surface area contributed by atoms with Gasteiger partial charge in [0.2, 0.25) is 0 Å². The van der Waals surface area contributed by atoms with Crippen LogP contribution in [-0.4, -0.2) is 28.8 Å². The fraction of sp³-hybridized carbons (Fsp3) is 0.125. The standard InChI is InChI=1S/C16H15N5O4/c17-21-20-14(9-22)10-5-7-11(8-6-10)15(23)18-12-3-1-2-4-13(12)19-16(24)25/h1-8,14,19,22H,9H2,(H,18,23)(H,24,25). The van der Waals surface area contributed by atoms with Crippen molar-refractivity contribution >= 4 is 23.4 Å². The first-order valence-corrected chi connectivity index (χ1v) is 7.20. The summed E-state index contributed by atoms with van der Waals surface area (Å²) in [4.78, 5) is 25.8. The van der Waals surface area contributed by atoms with E-state index < -0.39 is 18.0 Å². The Morgan fingerprint density at radius 2 is 1.68 bits per heavy atom. The third-order valence-electron chi connectivity index (χ3n) is 3.34. The summed E-state index contributed by atoms with van der Waals surface area (Å²) in [5, 5.41) is 26.3. The second-order valence-electron chi connectivity index (χ2n) is 4.96. The molecule has 2 rings (SSSR count). The summed E-state index contributed by atoms with van der Waals surface area (Å²) in [5.74, 6) is -0.435. The van der Waals surface area contributed by atoms with Crippen molar-refractivity contribution in [1.82, 2.24) is 0 Å². The molecule has 0 saturated carbocycles. The molecule has 0 spiro atoms. The number of carbonyl (C=O) groups is 2. The van der Waals surface area contributed by atoms with Crippen LogP contribution in [0.5, 0.6) is 0 Å². The first-order chi connectivity index (χ1) is 12.0. The normalized spacial score (nSPS) is 11.1. The molecule has 0 aliphatic carbocycles. The van der Waals surface area contributed by atoms with Gasteiger partial charge in [0.05, 0.1) is 24.0 Å². The molecule has 0 heterocycles. The molecule has 9 heteroatoms. The van der Waals surface area contributed by atoms with Crippen LogP contribution in [0.1, 0.15) is 22.0 Å². The molecule has 0 aliphatic rings. The van der Waals surface area contributed by atoms with Crippen molar-refractivity contribution in [2.45, 2.75) is 6.04 Å². The first-order valence-electron chi connectivity index (χ1n) is 7.20. The molecule has 0 aromatic heterocycles. The lowest BCUT2D eigenvalue weighted by Crippen LogP contribution is -2.15. The van der Waals surface area contributed by atoms with Crippen LogP contribution in [0.3, 0.4) is 0 Å². The number of anilines is 2. The number of rotatable bonds is 6. The van der Waals surface area contributed by atoms with Crippen LogP contribution < -0.4 is 10.6 Å². The summed E-state index contributed by atoms with van der Waals surface area (Å²) < 4.78 is 0. The third kappa shape index (κ3) is 4.71. The number of aliphatic hydroxyl groups is 1. The van der Waals surface area contributed by atoms with Gasteiger partial charge in [0, 0.05) is 10.5 Å². The van der Waals surface area contributed by atoms with Gasteiger partial charge in [0.15, 0.2) is 0 Å². The van der Waals surface area contributed by atoms with E-state index >= 15 is 0 Å². The van der Waals surface area contributed by atoms with Crippen molar-refractivity contribution in [3.63, 3.8) is 0 Å². The van der Waals surface area contributed by atoms with Crippen molar-refractivity contribution in [1.29, 1.82) is 0 Å². The Morgan fingerprint density at radius 1 is 1.08 bits per heavy atom. The zero-order valence-corrected chi connectivity index (χ0v) is 13.0. The van der Waals surface area contributed by atoms with Gasteiger partial charge in [-0.15, -0.1) is 0 Å². The fourth-order valence-electron chi connectivity index (χ4n) is 2.14. The lowest BCUT2D eigenvalue weighted by atomic mass is 10.1. The highest BCUT2D eigenvalue weighted by atomic mass is 16.4. The number of azide groups is 1. The Balaban J connectivity index is 2.16. The monoisotopic (exact) mass is 341 g/mol. The van der Waals surface area contributed by atoms with E-state index in [9.17, 15) is 14.7 Å². The van der Waals surface area contributed by atoms with E-state index in [0.29, 0.717) is 16.8 Å². The van der Waals surface area contributed by atoms with Crippen LogP contribution >= 0.6 is 0 Å². The average molecular weight is 341 g/mol. The molecule has 128 valence electrons. The second-order valence-corrected chi connectivity index (χ2v) is 4.96. The van der Waals surface area contributed by atoms with Crippen LogP contribution in [0, 0.1) is 0 Å². The van der Waals surface area contributed by atoms with Crippen LogP contribution in [0.25, 0.3) is 10.4 Å². The van der Waals surface area contributed by atoms with E-state index in [0.717, 1.165) is 0 Å². The minimum absolute atomic E-state index is 0.253. The smallest absolute Gasteiger partial charge is 0.409 e. The Labute approximate surface area is 142 Å². The highest BCUT2D eigenvalue weighted by Crippen LogP contribution is 2.22. The number of benzene rings is 2. The number of amides is 2. The molecule has 1 unspecified atom stereocenters. The number of nitrogens with zero attached hydrogens (tertiary/aromatic N) is 3.